The summed E-state index contributed by atoms with van der Waals surface area (Å²) < 4.78 is 30.4. The van der Waals surface area contributed by atoms with Crippen molar-refractivity contribution in [2.45, 2.75) is 25.7 Å². The van der Waals surface area contributed by atoms with Crippen LogP contribution < -0.4 is 0 Å². The summed E-state index contributed by atoms with van der Waals surface area (Å²) in [6, 6.07) is 2.83. The number of pyridine rings is 1. The molecule has 0 aliphatic rings. The Hall–Kier alpha value is -1.74. The summed E-state index contributed by atoms with van der Waals surface area (Å²) in [5.74, 6) is -0.797. The third-order valence-corrected chi connectivity index (χ3v) is 2.54. The van der Waals surface area contributed by atoms with Crippen molar-refractivity contribution < 1.29 is 18.3 Å². The van der Waals surface area contributed by atoms with Crippen LogP contribution in [0.5, 0.6) is 0 Å². The number of halogens is 3. The van der Waals surface area contributed by atoms with Crippen LogP contribution in [-0.2, 0) is 21.8 Å². The number of nitriles is 1. The molecule has 0 aromatic carbocycles. The quantitative estimate of drug-likeness (QED) is 0.617. The zero-order valence-corrected chi connectivity index (χ0v) is 10.9. The second-order valence-corrected chi connectivity index (χ2v) is 3.82. The molecular formula is C12H11ClF2N2O2. The highest BCUT2D eigenvalue weighted by atomic mass is 35.5. The van der Waals surface area contributed by atoms with E-state index in [1.807, 2.05) is 0 Å². The first-order valence-corrected chi connectivity index (χ1v) is 5.99. The second kappa shape index (κ2) is 7.00. The largest absolute Gasteiger partial charge is 0.466 e. The summed E-state index contributed by atoms with van der Waals surface area (Å²) >= 11 is 5.55. The van der Waals surface area contributed by atoms with Crippen LogP contribution >= 0.6 is 11.6 Å². The first-order valence-electron chi connectivity index (χ1n) is 5.46. The molecule has 0 fully saturated rings. The molecule has 0 bridgehead atoms. The fourth-order valence-electron chi connectivity index (χ4n) is 1.55. The van der Waals surface area contributed by atoms with Gasteiger partial charge in [0, 0.05) is 0 Å². The van der Waals surface area contributed by atoms with Gasteiger partial charge in [0.2, 0.25) is 0 Å². The normalized spacial score (nSPS) is 10.3. The van der Waals surface area contributed by atoms with E-state index in [1.54, 1.807) is 13.0 Å². The minimum atomic E-state index is -2.84. The fourth-order valence-corrected chi connectivity index (χ4v) is 1.76. The summed E-state index contributed by atoms with van der Waals surface area (Å²) in [7, 11) is 0. The van der Waals surface area contributed by atoms with E-state index < -0.39 is 18.0 Å². The highest BCUT2D eigenvalue weighted by Crippen LogP contribution is 2.27. The monoisotopic (exact) mass is 288 g/mol. The van der Waals surface area contributed by atoms with Gasteiger partial charge >= 0.3 is 5.97 Å². The van der Waals surface area contributed by atoms with Gasteiger partial charge < -0.3 is 4.74 Å². The van der Waals surface area contributed by atoms with Crippen molar-refractivity contribution in [3.05, 3.63) is 28.6 Å². The standard InChI is InChI=1S/C12H11ClF2N2O2/c1-2-19-10(18)4-8-3-7(6-16)11(12(14)15)9(5-13)17-8/h3,12H,2,4-5H2,1H3. The first-order chi connectivity index (χ1) is 9.03. The zero-order chi connectivity index (χ0) is 14.4. The number of ether oxygens (including phenoxy) is 1. The van der Waals surface area contributed by atoms with Crippen LogP contribution in [0.25, 0.3) is 0 Å². The number of rotatable bonds is 5. The summed E-state index contributed by atoms with van der Waals surface area (Å²) in [5.41, 5.74) is -0.602. The van der Waals surface area contributed by atoms with E-state index in [4.69, 9.17) is 21.6 Å². The molecule has 7 heteroatoms. The number of carbonyl (C=O) groups is 1. The molecule has 0 aliphatic heterocycles. The van der Waals surface area contributed by atoms with Crippen LogP contribution in [0, 0.1) is 11.3 Å². The second-order valence-electron chi connectivity index (χ2n) is 3.55. The van der Waals surface area contributed by atoms with Gasteiger partial charge in [-0.25, -0.2) is 8.78 Å². The lowest BCUT2D eigenvalue weighted by Gasteiger charge is -2.10. The molecule has 102 valence electrons. The van der Waals surface area contributed by atoms with Gasteiger partial charge in [-0.15, -0.1) is 11.6 Å². The molecule has 0 amide bonds. The molecule has 0 radical (unpaired) electrons. The summed E-state index contributed by atoms with van der Waals surface area (Å²) in [5, 5.41) is 8.88. The van der Waals surface area contributed by atoms with Gasteiger partial charge in [-0.2, -0.15) is 5.26 Å². The topological polar surface area (TPSA) is 63.0 Å². The maximum absolute atomic E-state index is 12.8. The van der Waals surface area contributed by atoms with Gasteiger partial charge in [0.1, 0.15) is 0 Å². The summed E-state index contributed by atoms with van der Waals surface area (Å²) in [4.78, 5) is 15.2. The number of esters is 1. The third-order valence-electron chi connectivity index (χ3n) is 2.29. The Morgan fingerprint density at radius 3 is 2.79 bits per heavy atom. The molecule has 0 saturated heterocycles. The molecule has 0 aliphatic carbocycles. The van der Waals surface area contributed by atoms with Crippen molar-refractivity contribution in [2.75, 3.05) is 6.61 Å². The van der Waals surface area contributed by atoms with Gasteiger partial charge in [0.15, 0.2) is 0 Å². The third kappa shape index (κ3) is 3.86. The van der Waals surface area contributed by atoms with E-state index in [-0.39, 0.29) is 35.9 Å². The first kappa shape index (κ1) is 15.3. The number of carbonyl (C=O) groups excluding carboxylic acids is 1. The van der Waals surface area contributed by atoms with Crippen molar-refractivity contribution in [2.24, 2.45) is 0 Å². The van der Waals surface area contributed by atoms with Crippen molar-refractivity contribution in [3.63, 3.8) is 0 Å². The lowest BCUT2D eigenvalue weighted by Crippen LogP contribution is -2.11. The molecule has 1 aromatic rings. The van der Waals surface area contributed by atoms with Gasteiger partial charge in [0.25, 0.3) is 6.43 Å². The van der Waals surface area contributed by atoms with E-state index in [0.717, 1.165) is 6.07 Å². The predicted molar refractivity (Wildman–Crippen MR) is 63.8 cm³/mol. The number of nitrogens with zero attached hydrogens (tertiary/aromatic N) is 2. The lowest BCUT2D eigenvalue weighted by molar-refractivity contribution is -0.142. The smallest absolute Gasteiger partial charge is 0.311 e. The van der Waals surface area contributed by atoms with E-state index in [2.05, 4.69) is 4.98 Å². The fraction of sp³-hybridized carbons (Fsp3) is 0.417. The maximum atomic E-state index is 12.8. The Labute approximate surface area is 114 Å². The van der Waals surface area contributed by atoms with Crippen molar-refractivity contribution >= 4 is 17.6 Å². The van der Waals surface area contributed by atoms with Crippen molar-refractivity contribution in [3.8, 4) is 6.07 Å². The Balaban J connectivity index is 3.17. The molecule has 0 atom stereocenters. The number of alkyl halides is 3. The van der Waals surface area contributed by atoms with Gasteiger partial charge in [-0.1, -0.05) is 0 Å². The van der Waals surface area contributed by atoms with Gasteiger partial charge in [-0.05, 0) is 13.0 Å². The molecular weight excluding hydrogens is 278 g/mol. The van der Waals surface area contributed by atoms with Crippen LogP contribution in [-0.4, -0.2) is 17.6 Å². The Morgan fingerprint density at radius 1 is 1.63 bits per heavy atom. The van der Waals surface area contributed by atoms with Crippen LogP contribution in [0.4, 0.5) is 8.78 Å². The average molecular weight is 289 g/mol. The molecule has 1 aromatic heterocycles. The zero-order valence-electron chi connectivity index (χ0n) is 10.1. The lowest BCUT2D eigenvalue weighted by atomic mass is 10.1. The Morgan fingerprint density at radius 2 is 2.32 bits per heavy atom. The van der Waals surface area contributed by atoms with Crippen molar-refractivity contribution in [1.29, 1.82) is 5.26 Å². The Bertz CT molecular complexity index is 515. The summed E-state index contributed by atoms with van der Waals surface area (Å²) in [6.45, 7) is 1.86. The van der Waals surface area contributed by atoms with Crippen LogP contribution in [0.3, 0.4) is 0 Å². The Kier molecular flexibility index (Phi) is 5.64. The average Bonchev–Trinajstić information content (AvgIpc) is 2.37. The van der Waals surface area contributed by atoms with Crippen LogP contribution in [0.15, 0.2) is 6.07 Å². The van der Waals surface area contributed by atoms with E-state index in [9.17, 15) is 13.6 Å². The molecule has 0 spiro atoms. The molecule has 0 unspecified atom stereocenters. The number of hydrogen-bond donors (Lipinski definition) is 0. The highest BCUT2D eigenvalue weighted by Gasteiger charge is 2.21. The SMILES string of the molecule is CCOC(=O)Cc1cc(C#N)c(C(F)F)c(CCl)n1. The van der Waals surface area contributed by atoms with Gasteiger partial charge in [-0.3, -0.25) is 9.78 Å². The number of aromatic nitrogens is 1. The van der Waals surface area contributed by atoms with Crippen molar-refractivity contribution in [1.82, 2.24) is 4.98 Å². The number of hydrogen-bond acceptors (Lipinski definition) is 4. The maximum Gasteiger partial charge on any atom is 0.311 e. The van der Waals surface area contributed by atoms with Crippen LogP contribution in [0.1, 0.15) is 35.9 Å². The molecule has 0 N–H and O–H groups in total. The van der Waals surface area contributed by atoms with E-state index >= 15 is 0 Å². The van der Waals surface area contributed by atoms with E-state index in [0.29, 0.717) is 0 Å². The van der Waals surface area contributed by atoms with Crippen LogP contribution in [0.2, 0.25) is 0 Å². The molecule has 1 heterocycles. The molecule has 0 saturated carbocycles. The highest BCUT2D eigenvalue weighted by molar-refractivity contribution is 6.17. The minimum Gasteiger partial charge on any atom is -0.466 e. The molecule has 1 rings (SSSR count). The van der Waals surface area contributed by atoms with E-state index in [1.165, 1.54) is 0 Å². The molecule has 19 heavy (non-hydrogen) atoms. The minimum absolute atomic E-state index is 0.0879. The molecule has 4 nitrogen and oxygen atoms in total. The summed E-state index contributed by atoms with van der Waals surface area (Å²) in [6.07, 6.45) is -3.02. The predicted octanol–water partition coefficient (Wildman–Crippen LogP) is 2.74. The van der Waals surface area contributed by atoms with Gasteiger partial charge in [0.05, 0.1) is 47.5 Å².